The SMILES string of the molecule is NC(=O)Cc1ccc(NC(=O)C2(c3cccs3)CCCC2)cc1. The predicted molar refractivity (Wildman–Crippen MR) is 92.4 cm³/mol. The largest absolute Gasteiger partial charge is 0.369 e. The van der Waals surface area contributed by atoms with E-state index >= 15 is 0 Å². The molecule has 120 valence electrons. The number of nitrogens with two attached hydrogens (primary N) is 1. The first-order valence-corrected chi connectivity index (χ1v) is 8.71. The fourth-order valence-electron chi connectivity index (χ4n) is 3.27. The maximum atomic E-state index is 12.9. The van der Waals surface area contributed by atoms with E-state index < -0.39 is 0 Å². The summed E-state index contributed by atoms with van der Waals surface area (Å²) >= 11 is 1.65. The lowest BCUT2D eigenvalue weighted by atomic mass is 9.83. The minimum Gasteiger partial charge on any atom is -0.369 e. The number of hydrogen-bond donors (Lipinski definition) is 2. The molecule has 0 atom stereocenters. The first-order valence-electron chi connectivity index (χ1n) is 7.83. The van der Waals surface area contributed by atoms with Crippen LogP contribution >= 0.6 is 11.3 Å². The van der Waals surface area contributed by atoms with Crippen molar-refractivity contribution in [3.63, 3.8) is 0 Å². The molecule has 5 heteroatoms. The van der Waals surface area contributed by atoms with Crippen molar-refractivity contribution in [2.24, 2.45) is 5.73 Å². The van der Waals surface area contributed by atoms with E-state index in [1.54, 1.807) is 11.3 Å². The highest BCUT2D eigenvalue weighted by Crippen LogP contribution is 2.43. The molecule has 1 aliphatic rings. The van der Waals surface area contributed by atoms with Gasteiger partial charge in [-0.1, -0.05) is 31.0 Å². The van der Waals surface area contributed by atoms with Gasteiger partial charge in [0.1, 0.15) is 0 Å². The van der Waals surface area contributed by atoms with Crippen LogP contribution < -0.4 is 11.1 Å². The Kier molecular flexibility index (Phi) is 4.48. The third-order valence-electron chi connectivity index (χ3n) is 4.47. The van der Waals surface area contributed by atoms with E-state index in [4.69, 9.17) is 5.73 Å². The molecule has 1 saturated carbocycles. The molecule has 23 heavy (non-hydrogen) atoms. The molecule has 0 saturated heterocycles. The Labute approximate surface area is 139 Å². The van der Waals surface area contributed by atoms with Crippen LogP contribution in [0.1, 0.15) is 36.1 Å². The quantitative estimate of drug-likeness (QED) is 0.884. The van der Waals surface area contributed by atoms with E-state index in [0.717, 1.165) is 41.8 Å². The maximum Gasteiger partial charge on any atom is 0.235 e. The summed E-state index contributed by atoms with van der Waals surface area (Å²) in [7, 11) is 0. The molecule has 1 aromatic carbocycles. The Balaban J connectivity index is 1.76. The van der Waals surface area contributed by atoms with Crippen LogP contribution in [0, 0.1) is 0 Å². The predicted octanol–water partition coefficient (Wildman–Crippen LogP) is 3.23. The molecule has 3 N–H and O–H groups in total. The van der Waals surface area contributed by atoms with E-state index in [2.05, 4.69) is 11.4 Å². The van der Waals surface area contributed by atoms with Crippen LogP contribution in [-0.4, -0.2) is 11.8 Å². The van der Waals surface area contributed by atoms with Gasteiger partial charge in [-0.3, -0.25) is 9.59 Å². The highest BCUT2D eigenvalue weighted by molar-refractivity contribution is 7.10. The van der Waals surface area contributed by atoms with Gasteiger partial charge in [-0.15, -0.1) is 11.3 Å². The highest BCUT2D eigenvalue weighted by atomic mass is 32.1. The topological polar surface area (TPSA) is 72.2 Å². The van der Waals surface area contributed by atoms with Crippen molar-refractivity contribution in [1.29, 1.82) is 0 Å². The summed E-state index contributed by atoms with van der Waals surface area (Å²) < 4.78 is 0. The van der Waals surface area contributed by atoms with Crippen molar-refractivity contribution in [3.05, 3.63) is 52.2 Å². The number of thiophene rings is 1. The van der Waals surface area contributed by atoms with Gasteiger partial charge in [0.15, 0.2) is 0 Å². The van der Waals surface area contributed by atoms with Crippen LogP contribution in [0.5, 0.6) is 0 Å². The van der Waals surface area contributed by atoms with Crippen LogP contribution in [0.25, 0.3) is 0 Å². The first-order chi connectivity index (χ1) is 11.1. The van der Waals surface area contributed by atoms with Crippen molar-refractivity contribution >= 4 is 28.8 Å². The number of benzene rings is 1. The Hall–Kier alpha value is -2.14. The number of rotatable bonds is 5. The molecular weight excluding hydrogens is 308 g/mol. The lowest BCUT2D eigenvalue weighted by molar-refractivity contribution is -0.121. The summed E-state index contributed by atoms with van der Waals surface area (Å²) in [5.41, 5.74) is 6.41. The zero-order valence-corrected chi connectivity index (χ0v) is 13.7. The van der Waals surface area contributed by atoms with Gasteiger partial charge in [0.2, 0.25) is 11.8 Å². The van der Waals surface area contributed by atoms with Gasteiger partial charge >= 0.3 is 0 Å². The van der Waals surface area contributed by atoms with Crippen LogP contribution in [-0.2, 0) is 21.4 Å². The molecule has 0 unspecified atom stereocenters. The number of carbonyl (C=O) groups is 2. The Morgan fingerprint density at radius 1 is 1.13 bits per heavy atom. The Bertz CT molecular complexity index is 686. The smallest absolute Gasteiger partial charge is 0.235 e. The minimum absolute atomic E-state index is 0.0695. The number of nitrogens with one attached hydrogen (secondary N) is 1. The summed E-state index contributed by atoms with van der Waals surface area (Å²) in [5.74, 6) is -0.288. The molecule has 0 bridgehead atoms. The standard InChI is InChI=1S/C18H20N2O2S/c19-16(21)12-13-5-7-14(8-6-13)20-17(22)18(9-1-2-10-18)15-4-3-11-23-15/h3-8,11H,1-2,9-10,12H2,(H2,19,21)(H,20,22). The molecule has 4 nitrogen and oxygen atoms in total. The summed E-state index contributed by atoms with van der Waals surface area (Å²) in [6, 6.07) is 11.4. The molecule has 0 radical (unpaired) electrons. The lowest BCUT2D eigenvalue weighted by Gasteiger charge is -2.26. The number of primary amides is 1. The molecule has 2 amide bonds. The molecule has 1 heterocycles. The van der Waals surface area contributed by atoms with Gasteiger partial charge in [0.05, 0.1) is 11.8 Å². The average molecular weight is 328 g/mol. The second-order valence-electron chi connectivity index (χ2n) is 6.06. The van der Waals surface area contributed by atoms with Crippen LogP contribution in [0.4, 0.5) is 5.69 Å². The summed E-state index contributed by atoms with van der Waals surface area (Å²) in [6.45, 7) is 0. The lowest BCUT2D eigenvalue weighted by Crippen LogP contribution is -2.37. The van der Waals surface area contributed by atoms with Crippen molar-refractivity contribution in [3.8, 4) is 0 Å². The van der Waals surface area contributed by atoms with Crippen LogP contribution in [0.2, 0.25) is 0 Å². The Morgan fingerprint density at radius 3 is 2.39 bits per heavy atom. The number of anilines is 1. The second-order valence-corrected chi connectivity index (χ2v) is 7.01. The first kappa shape index (κ1) is 15.7. The zero-order chi connectivity index (χ0) is 16.3. The van der Waals surface area contributed by atoms with Gasteiger partial charge in [0.25, 0.3) is 0 Å². The van der Waals surface area contributed by atoms with Gasteiger partial charge in [-0.25, -0.2) is 0 Å². The molecule has 1 fully saturated rings. The van der Waals surface area contributed by atoms with Crippen LogP contribution in [0.15, 0.2) is 41.8 Å². The fourth-order valence-corrected chi connectivity index (χ4v) is 4.26. The maximum absolute atomic E-state index is 12.9. The van der Waals surface area contributed by atoms with Gasteiger partial charge in [-0.2, -0.15) is 0 Å². The molecule has 3 rings (SSSR count). The molecule has 0 aliphatic heterocycles. The normalized spacial score (nSPS) is 16.2. The average Bonchev–Trinajstić information content (AvgIpc) is 3.20. The third-order valence-corrected chi connectivity index (χ3v) is 5.55. The minimum atomic E-state index is -0.389. The fraction of sp³-hybridized carbons (Fsp3) is 0.333. The molecular formula is C18H20N2O2S. The van der Waals surface area contributed by atoms with Crippen molar-refractivity contribution in [2.75, 3.05) is 5.32 Å². The van der Waals surface area contributed by atoms with E-state index in [-0.39, 0.29) is 23.7 Å². The van der Waals surface area contributed by atoms with Crippen molar-refractivity contribution in [2.45, 2.75) is 37.5 Å². The summed E-state index contributed by atoms with van der Waals surface area (Å²) in [5, 5.41) is 5.07. The van der Waals surface area contributed by atoms with Crippen molar-refractivity contribution in [1.82, 2.24) is 0 Å². The van der Waals surface area contributed by atoms with E-state index in [1.807, 2.05) is 35.7 Å². The molecule has 1 aliphatic carbocycles. The van der Waals surface area contributed by atoms with Crippen molar-refractivity contribution < 1.29 is 9.59 Å². The second kappa shape index (κ2) is 6.54. The van der Waals surface area contributed by atoms with E-state index in [0.29, 0.717) is 0 Å². The molecule has 0 spiro atoms. The third kappa shape index (κ3) is 3.29. The monoisotopic (exact) mass is 328 g/mol. The Morgan fingerprint density at radius 2 is 1.83 bits per heavy atom. The van der Waals surface area contributed by atoms with Gasteiger partial charge in [-0.05, 0) is 42.0 Å². The number of carbonyl (C=O) groups excluding carboxylic acids is 2. The van der Waals surface area contributed by atoms with Gasteiger partial charge in [0, 0.05) is 10.6 Å². The number of hydrogen-bond acceptors (Lipinski definition) is 3. The van der Waals surface area contributed by atoms with E-state index in [1.165, 1.54) is 0 Å². The van der Waals surface area contributed by atoms with Gasteiger partial charge < -0.3 is 11.1 Å². The molecule has 2 aromatic rings. The zero-order valence-electron chi connectivity index (χ0n) is 12.9. The van der Waals surface area contributed by atoms with E-state index in [9.17, 15) is 9.59 Å². The number of amides is 2. The molecule has 1 aromatic heterocycles. The summed E-state index contributed by atoms with van der Waals surface area (Å²) in [6.07, 6.45) is 4.19. The highest BCUT2D eigenvalue weighted by Gasteiger charge is 2.43. The van der Waals surface area contributed by atoms with Crippen LogP contribution in [0.3, 0.4) is 0 Å². The summed E-state index contributed by atoms with van der Waals surface area (Å²) in [4.78, 5) is 25.0.